The molecule has 1 heterocycles. The van der Waals surface area contributed by atoms with Crippen molar-refractivity contribution in [2.75, 3.05) is 0 Å². The predicted octanol–water partition coefficient (Wildman–Crippen LogP) is 2.21. The fourth-order valence-electron chi connectivity index (χ4n) is 2.52. The largest absolute Gasteiger partial charge is 0.348 e. The lowest BCUT2D eigenvalue weighted by molar-refractivity contribution is -0.122. The molecule has 5 nitrogen and oxygen atoms in total. The summed E-state index contributed by atoms with van der Waals surface area (Å²) in [5, 5.41) is 11.9. The molecule has 0 unspecified atom stereocenters. The second-order valence-corrected chi connectivity index (χ2v) is 5.55. The zero-order chi connectivity index (χ0) is 17.0. The molecule has 1 atom stereocenters. The van der Waals surface area contributed by atoms with Crippen LogP contribution in [-0.4, -0.2) is 10.5 Å². The Bertz CT molecular complexity index is 817. The van der Waals surface area contributed by atoms with Gasteiger partial charge in [-0.25, -0.2) is 0 Å². The van der Waals surface area contributed by atoms with Crippen LogP contribution in [0.4, 0.5) is 0 Å². The van der Waals surface area contributed by atoms with E-state index in [9.17, 15) is 9.59 Å². The lowest BCUT2D eigenvalue weighted by Gasteiger charge is -2.16. The van der Waals surface area contributed by atoms with Crippen molar-refractivity contribution < 1.29 is 4.79 Å². The molecule has 1 N–H and O–H groups in total. The molecule has 118 valence electrons. The number of nitrogens with zero attached hydrogens (tertiary/aromatic N) is 2. The number of carbonyl (C=O) groups excluding carboxylic acids is 1. The molecular formula is C18H19N3O2. The van der Waals surface area contributed by atoms with Crippen molar-refractivity contribution in [2.45, 2.75) is 33.4 Å². The summed E-state index contributed by atoms with van der Waals surface area (Å²) in [5.41, 5.74) is 1.94. The topological polar surface area (TPSA) is 74.9 Å². The van der Waals surface area contributed by atoms with Gasteiger partial charge in [0.25, 0.3) is 5.56 Å². The molecule has 1 amide bonds. The second-order valence-electron chi connectivity index (χ2n) is 5.55. The van der Waals surface area contributed by atoms with E-state index in [0.717, 1.165) is 5.56 Å². The highest BCUT2D eigenvalue weighted by atomic mass is 16.2. The first kappa shape index (κ1) is 16.5. The van der Waals surface area contributed by atoms with Crippen molar-refractivity contribution in [2.24, 2.45) is 0 Å². The van der Waals surface area contributed by atoms with Crippen LogP contribution in [-0.2, 0) is 11.3 Å². The second kappa shape index (κ2) is 6.93. The van der Waals surface area contributed by atoms with Gasteiger partial charge < -0.3 is 9.88 Å². The lowest BCUT2D eigenvalue weighted by Crippen LogP contribution is -2.35. The molecular weight excluding hydrogens is 290 g/mol. The quantitative estimate of drug-likeness (QED) is 0.941. The van der Waals surface area contributed by atoms with Crippen LogP contribution >= 0.6 is 0 Å². The molecule has 0 saturated heterocycles. The molecule has 0 aliphatic rings. The van der Waals surface area contributed by atoms with Crippen molar-refractivity contribution in [1.82, 2.24) is 9.88 Å². The predicted molar refractivity (Wildman–Crippen MR) is 87.9 cm³/mol. The van der Waals surface area contributed by atoms with E-state index in [0.29, 0.717) is 11.3 Å². The van der Waals surface area contributed by atoms with Crippen molar-refractivity contribution in [3.63, 3.8) is 0 Å². The molecule has 0 aliphatic carbocycles. The van der Waals surface area contributed by atoms with Gasteiger partial charge >= 0.3 is 0 Å². The van der Waals surface area contributed by atoms with Crippen molar-refractivity contribution in [3.05, 3.63) is 69.1 Å². The third kappa shape index (κ3) is 3.67. The van der Waals surface area contributed by atoms with Gasteiger partial charge in [0.1, 0.15) is 18.2 Å². The molecule has 1 aromatic heterocycles. The van der Waals surface area contributed by atoms with Crippen LogP contribution in [0.2, 0.25) is 0 Å². The summed E-state index contributed by atoms with van der Waals surface area (Å²) < 4.78 is 1.33. The summed E-state index contributed by atoms with van der Waals surface area (Å²) in [6.07, 6.45) is 0. The Morgan fingerprint density at radius 3 is 2.57 bits per heavy atom. The van der Waals surface area contributed by atoms with Crippen LogP contribution in [0.15, 0.2) is 41.2 Å². The maximum atomic E-state index is 12.3. The van der Waals surface area contributed by atoms with Crippen LogP contribution in [0.3, 0.4) is 0 Å². The van der Waals surface area contributed by atoms with Crippen molar-refractivity contribution in [1.29, 1.82) is 5.26 Å². The van der Waals surface area contributed by atoms with Gasteiger partial charge in [-0.05, 0) is 38.0 Å². The summed E-state index contributed by atoms with van der Waals surface area (Å²) in [5.74, 6) is -0.265. The first-order valence-electron chi connectivity index (χ1n) is 7.39. The number of pyridine rings is 1. The molecule has 5 heteroatoms. The van der Waals surface area contributed by atoms with Gasteiger partial charge in [-0.2, -0.15) is 5.26 Å². The van der Waals surface area contributed by atoms with E-state index in [1.54, 1.807) is 19.9 Å². The third-order valence-corrected chi connectivity index (χ3v) is 3.80. The number of carbonyl (C=O) groups is 1. The minimum absolute atomic E-state index is 0.0829. The van der Waals surface area contributed by atoms with Gasteiger partial charge in [-0.15, -0.1) is 0 Å². The number of nitriles is 1. The smallest absolute Gasteiger partial charge is 0.269 e. The van der Waals surface area contributed by atoms with Gasteiger partial charge in [0.2, 0.25) is 5.91 Å². The first-order chi connectivity index (χ1) is 10.9. The Labute approximate surface area is 135 Å². The van der Waals surface area contributed by atoms with Crippen LogP contribution in [0, 0.1) is 25.2 Å². The van der Waals surface area contributed by atoms with Crippen LogP contribution < -0.4 is 10.9 Å². The van der Waals surface area contributed by atoms with E-state index in [4.69, 9.17) is 5.26 Å². The minimum atomic E-state index is -0.424. The molecule has 0 saturated carbocycles. The maximum absolute atomic E-state index is 12.3. The van der Waals surface area contributed by atoms with E-state index in [1.807, 2.05) is 43.3 Å². The van der Waals surface area contributed by atoms with E-state index < -0.39 is 5.56 Å². The number of hydrogen-bond acceptors (Lipinski definition) is 3. The zero-order valence-corrected chi connectivity index (χ0v) is 13.5. The zero-order valence-electron chi connectivity index (χ0n) is 13.5. The Hall–Kier alpha value is -2.87. The number of nitrogens with one attached hydrogen (secondary N) is 1. The number of amides is 1. The standard InChI is InChI=1S/C18H19N3O2/c1-12-9-13(2)21(18(23)16(12)10-19)11-17(22)20-14(3)15-7-5-4-6-8-15/h4-9,14H,11H2,1-3H3,(H,20,22)/t14-/m1/s1. The highest BCUT2D eigenvalue weighted by Gasteiger charge is 2.14. The molecule has 0 spiro atoms. The highest BCUT2D eigenvalue weighted by molar-refractivity contribution is 5.76. The average molecular weight is 309 g/mol. The monoisotopic (exact) mass is 309 g/mol. The molecule has 23 heavy (non-hydrogen) atoms. The van der Waals surface area contributed by atoms with Gasteiger partial charge in [0, 0.05) is 5.69 Å². The summed E-state index contributed by atoms with van der Waals surface area (Å²) in [7, 11) is 0. The number of benzene rings is 1. The van der Waals surface area contributed by atoms with Crippen LogP contribution in [0.25, 0.3) is 0 Å². The first-order valence-corrected chi connectivity index (χ1v) is 7.39. The summed E-state index contributed by atoms with van der Waals surface area (Å²) in [6, 6.07) is 13.1. The summed E-state index contributed by atoms with van der Waals surface area (Å²) in [4.78, 5) is 24.5. The summed E-state index contributed by atoms with van der Waals surface area (Å²) in [6.45, 7) is 5.26. The Morgan fingerprint density at radius 2 is 1.96 bits per heavy atom. The molecule has 0 radical (unpaired) electrons. The number of rotatable bonds is 4. The van der Waals surface area contributed by atoms with E-state index in [2.05, 4.69) is 5.32 Å². The Morgan fingerprint density at radius 1 is 1.30 bits per heavy atom. The van der Waals surface area contributed by atoms with Crippen LogP contribution in [0.5, 0.6) is 0 Å². The SMILES string of the molecule is Cc1cc(C)n(CC(=O)N[C@H](C)c2ccccc2)c(=O)c1C#N. The maximum Gasteiger partial charge on any atom is 0.269 e. The minimum Gasteiger partial charge on any atom is -0.348 e. The van der Waals surface area contributed by atoms with Crippen molar-refractivity contribution >= 4 is 5.91 Å². The molecule has 1 aromatic carbocycles. The number of hydrogen-bond donors (Lipinski definition) is 1. The Kier molecular flexibility index (Phi) is 4.97. The average Bonchev–Trinajstić information content (AvgIpc) is 2.52. The molecule has 2 aromatic rings. The van der Waals surface area contributed by atoms with E-state index in [-0.39, 0.29) is 24.1 Å². The number of aromatic nitrogens is 1. The number of aryl methyl sites for hydroxylation is 2. The van der Waals surface area contributed by atoms with Gasteiger partial charge in [0.15, 0.2) is 0 Å². The van der Waals surface area contributed by atoms with Crippen molar-refractivity contribution in [3.8, 4) is 6.07 Å². The van der Waals surface area contributed by atoms with E-state index >= 15 is 0 Å². The lowest BCUT2D eigenvalue weighted by atomic mass is 10.1. The van der Waals surface area contributed by atoms with Gasteiger partial charge in [-0.3, -0.25) is 9.59 Å². The fraction of sp³-hybridized carbons (Fsp3) is 0.278. The molecule has 0 aliphatic heterocycles. The molecule has 2 rings (SSSR count). The fourth-order valence-corrected chi connectivity index (χ4v) is 2.52. The Balaban J connectivity index is 2.19. The van der Waals surface area contributed by atoms with Gasteiger partial charge in [-0.1, -0.05) is 30.3 Å². The molecule has 0 fully saturated rings. The highest BCUT2D eigenvalue weighted by Crippen LogP contribution is 2.11. The normalized spacial score (nSPS) is 11.6. The third-order valence-electron chi connectivity index (χ3n) is 3.80. The molecule has 0 bridgehead atoms. The van der Waals surface area contributed by atoms with Crippen LogP contribution in [0.1, 0.15) is 35.3 Å². The van der Waals surface area contributed by atoms with E-state index in [1.165, 1.54) is 4.57 Å². The summed E-state index contributed by atoms with van der Waals surface area (Å²) >= 11 is 0. The van der Waals surface area contributed by atoms with Gasteiger partial charge in [0.05, 0.1) is 6.04 Å².